The van der Waals surface area contributed by atoms with Gasteiger partial charge in [0.1, 0.15) is 5.92 Å². The monoisotopic (exact) mass is 299 g/mol. The number of carboxylic acid groups (broad SMARTS) is 1. The van der Waals surface area contributed by atoms with Crippen molar-refractivity contribution in [2.75, 3.05) is 25.1 Å². The number of carbonyl (C=O) groups is 2. The number of amides is 2. The van der Waals surface area contributed by atoms with E-state index < -0.39 is 17.9 Å². The van der Waals surface area contributed by atoms with Gasteiger partial charge in [-0.1, -0.05) is 0 Å². The fraction of sp³-hybridized carbons (Fsp3) is 0.583. The number of urea groups is 1. The Kier molecular flexibility index (Phi) is 4.56. The van der Waals surface area contributed by atoms with Crippen molar-refractivity contribution in [1.82, 2.24) is 9.88 Å². The minimum atomic E-state index is -0.941. The van der Waals surface area contributed by atoms with E-state index in [1.165, 1.54) is 16.2 Å². The van der Waals surface area contributed by atoms with Gasteiger partial charge in [0.25, 0.3) is 0 Å². The van der Waals surface area contributed by atoms with Gasteiger partial charge in [-0.25, -0.2) is 9.78 Å². The summed E-state index contributed by atoms with van der Waals surface area (Å²) in [5, 5.41) is 14.2. The minimum absolute atomic E-state index is 0.139. The van der Waals surface area contributed by atoms with Crippen LogP contribution in [0.1, 0.15) is 12.6 Å². The smallest absolute Gasteiger partial charge is 0.323 e. The molecule has 2 amide bonds. The zero-order chi connectivity index (χ0) is 14.7. The summed E-state index contributed by atoms with van der Waals surface area (Å²) in [6, 6.07) is -0.790. The van der Waals surface area contributed by atoms with Crippen molar-refractivity contribution < 1.29 is 19.4 Å². The molecule has 0 aliphatic carbocycles. The Balaban J connectivity index is 2.07. The van der Waals surface area contributed by atoms with Crippen molar-refractivity contribution in [2.24, 2.45) is 5.92 Å². The summed E-state index contributed by atoms with van der Waals surface area (Å²) in [6.45, 7) is 4.45. The van der Waals surface area contributed by atoms with E-state index in [-0.39, 0.29) is 19.2 Å². The number of rotatable bonds is 4. The number of thiazole rings is 1. The van der Waals surface area contributed by atoms with Crippen LogP contribution >= 0.6 is 11.3 Å². The highest BCUT2D eigenvalue weighted by molar-refractivity contribution is 7.13. The molecule has 2 unspecified atom stereocenters. The van der Waals surface area contributed by atoms with Crippen LogP contribution in [-0.2, 0) is 9.53 Å². The molecule has 1 aromatic heterocycles. The Morgan fingerprint density at radius 2 is 2.35 bits per heavy atom. The summed E-state index contributed by atoms with van der Waals surface area (Å²) in [5.41, 5.74) is 0.834. The summed E-state index contributed by atoms with van der Waals surface area (Å²) in [6.07, 6.45) is 0. The lowest BCUT2D eigenvalue weighted by atomic mass is 10.0. The fourth-order valence-corrected chi connectivity index (χ4v) is 2.87. The number of aryl methyl sites for hydroxylation is 1. The number of aliphatic carboxylic acids is 1. The van der Waals surface area contributed by atoms with E-state index in [1.807, 2.05) is 19.2 Å². The van der Waals surface area contributed by atoms with Crippen LogP contribution in [0.25, 0.3) is 0 Å². The predicted octanol–water partition coefficient (Wildman–Crippen LogP) is 1.40. The standard InChI is InChI=1S/C12H17N3O4S/c1-3-15(9-5-19-4-8(9)10(16)17)12(18)14-11-13-7(2)6-20-11/h6,8-9H,3-5H2,1-2H3,(H,16,17)(H,13,14,18). The predicted molar refractivity (Wildman–Crippen MR) is 74.0 cm³/mol. The molecule has 2 heterocycles. The summed E-state index contributed by atoms with van der Waals surface area (Å²) in [7, 11) is 0. The maximum atomic E-state index is 12.2. The molecule has 1 fully saturated rings. The van der Waals surface area contributed by atoms with Crippen molar-refractivity contribution in [2.45, 2.75) is 19.9 Å². The second-order valence-electron chi connectivity index (χ2n) is 4.56. The number of likely N-dealkylation sites (N-methyl/N-ethyl adjacent to an activating group) is 1. The number of ether oxygens (including phenoxy) is 1. The molecule has 2 N–H and O–H groups in total. The van der Waals surface area contributed by atoms with E-state index in [0.717, 1.165) is 5.69 Å². The molecule has 0 spiro atoms. The van der Waals surface area contributed by atoms with Crippen molar-refractivity contribution in [3.8, 4) is 0 Å². The number of anilines is 1. The molecule has 7 nitrogen and oxygen atoms in total. The average molecular weight is 299 g/mol. The third kappa shape index (κ3) is 3.07. The topological polar surface area (TPSA) is 91.8 Å². The van der Waals surface area contributed by atoms with Crippen LogP contribution in [0, 0.1) is 12.8 Å². The zero-order valence-corrected chi connectivity index (χ0v) is 12.1. The van der Waals surface area contributed by atoms with E-state index in [2.05, 4.69) is 10.3 Å². The van der Waals surface area contributed by atoms with Crippen LogP contribution in [0.3, 0.4) is 0 Å². The maximum Gasteiger partial charge on any atom is 0.323 e. The lowest BCUT2D eigenvalue weighted by molar-refractivity contribution is -0.142. The summed E-state index contributed by atoms with van der Waals surface area (Å²) in [5.74, 6) is -1.62. The first-order valence-corrected chi connectivity index (χ1v) is 7.21. The first-order chi connectivity index (χ1) is 9.52. The minimum Gasteiger partial charge on any atom is -0.481 e. The highest BCUT2D eigenvalue weighted by Gasteiger charge is 2.39. The molecular formula is C12H17N3O4S. The molecule has 110 valence electrons. The Morgan fingerprint density at radius 1 is 1.60 bits per heavy atom. The van der Waals surface area contributed by atoms with E-state index in [4.69, 9.17) is 9.84 Å². The number of hydrogen-bond acceptors (Lipinski definition) is 5. The van der Waals surface area contributed by atoms with Gasteiger partial charge in [-0.15, -0.1) is 11.3 Å². The molecule has 2 rings (SSSR count). The van der Waals surface area contributed by atoms with Crippen molar-refractivity contribution in [3.05, 3.63) is 11.1 Å². The highest BCUT2D eigenvalue weighted by Crippen LogP contribution is 2.22. The van der Waals surface area contributed by atoms with Gasteiger partial charge < -0.3 is 14.7 Å². The summed E-state index contributed by atoms with van der Waals surface area (Å²) in [4.78, 5) is 29.1. The molecule has 8 heteroatoms. The molecule has 0 saturated carbocycles. The number of hydrogen-bond donors (Lipinski definition) is 2. The van der Waals surface area contributed by atoms with Gasteiger partial charge in [-0.05, 0) is 13.8 Å². The average Bonchev–Trinajstić information content (AvgIpc) is 3.00. The van der Waals surface area contributed by atoms with Gasteiger partial charge in [0.15, 0.2) is 5.13 Å². The molecule has 0 radical (unpaired) electrons. The molecule has 1 aliphatic rings. The summed E-state index contributed by atoms with van der Waals surface area (Å²) >= 11 is 1.34. The zero-order valence-electron chi connectivity index (χ0n) is 11.3. The number of nitrogens with one attached hydrogen (secondary N) is 1. The Bertz CT molecular complexity index is 505. The lowest BCUT2D eigenvalue weighted by Crippen LogP contribution is -2.48. The number of aromatic nitrogens is 1. The Morgan fingerprint density at radius 3 is 2.90 bits per heavy atom. The molecular weight excluding hydrogens is 282 g/mol. The van der Waals surface area contributed by atoms with Gasteiger partial charge in [0.2, 0.25) is 0 Å². The van der Waals surface area contributed by atoms with Gasteiger partial charge in [-0.2, -0.15) is 0 Å². The maximum absolute atomic E-state index is 12.2. The van der Waals surface area contributed by atoms with Gasteiger partial charge in [-0.3, -0.25) is 10.1 Å². The van der Waals surface area contributed by atoms with Crippen molar-refractivity contribution in [3.63, 3.8) is 0 Å². The first-order valence-electron chi connectivity index (χ1n) is 6.33. The molecule has 1 aromatic rings. The van der Waals surface area contributed by atoms with E-state index in [0.29, 0.717) is 11.7 Å². The van der Waals surface area contributed by atoms with Crippen LogP contribution in [0.15, 0.2) is 5.38 Å². The molecule has 0 aromatic carbocycles. The third-order valence-electron chi connectivity index (χ3n) is 3.20. The van der Waals surface area contributed by atoms with Crippen LogP contribution in [0.5, 0.6) is 0 Å². The molecule has 20 heavy (non-hydrogen) atoms. The quantitative estimate of drug-likeness (QED) is 0.877. The van der Waals surface area contributed by atoms with Crippen molar-refractivity contribution in [1.29, 1.82) is 0 Å². The SMILES string of the molecule is CCN(C(=O)Nc1nc(C)cs1)C1COCC1C(=O)O. The number of carbonyl (C=O) groups excluding carboxylic acids is 1. The largest absolute Gasteiger partial charge is 0.481 e. The van der Waals surface area contributed by atoms with Gasteiger partial charge >= 0.3 is 12.0 Å². The second kappa shape index (κ2) is 6.19. The Labute approximate surface area is 120 Å². The van der Waals surface area contributed by atoms with E-state index in [9.17, 15) is 9.59 Å². The third-order valence-corrected chi connectivity index (χ3v) is 4.08. The molecule has 1 saturated heterocycles. The molecule has 2 atom stereocenters. The lowest BCUT2D eigenvalue weighted by Gasteiger charge is -2.28. The van der Waals surface area contributed by atoms with Crippen LogP contribution < -0.4 is 5.32 Å². The number of nitrogens with zero attached hydrogens (tertiary/aromatic N) is 2. The van der Waals surface area contributed by atoms with E-state index >= 15 is 0 Å². The molecule has 0 bridgehead atoms. The second-order valence-corrected chi connectivity index (χ2v) is 5.42. The fourth-order valence-electron chi connectivity index (χ4n) is 2.19. The van der Waals surface area contributed by atoms with Crippen molar-refractivity contribution >= 4 is 28.5 Å². The normalized spacial score (nSPS) is 21.7. The molecule has 1 aliphatic heterocycles. The first kappa shape index (κ1) is 14.7. The van der Waals surface area contributed by atoms with Gasteiger partial charge in [0, 0.05) is 11.9 Å². The van der Waals surface area contributed by atoms with Crippen LogP contribution in [0.2, 0.25) is 0 Å². The highest BCUT2D eigenvalue weighted by atomic mass is 32.1. The number of carboxylic acids is 1. The summed E-state index contributed by atoms with van der Waals surface area (Å²) < 4.78 is 5.20. The van der Waals surface area contributed by atoms with Gasteiger partial charge in [0.05, 0.1) is 24.9 Å². The van der Waals surface area contributed by atoms with E-state index in [1.54, 1.807) is 0 Å². The Hall–Kier alpha value is -1.67. The van der Waals surface area contributed by atoms with Crippen LogP contribution in [0.4, 0.5) is 9.93 Å². The van der Waals surface area contributed by atoms with Crippen LogP contribution in [-0.4, -0.2) is 52.8 Å².